The lowest BCUT2D eigenvalue weighted by molar-refractivity contribution is -0.121. The van der Waals surface area contributed by atoms with Gasteiger partial charge in [0.1, 0.15) is 0 Å². The van der Waals surface area contributed by atoms with Crippen LogP contribution in [0.25, 0.3) is 5.69 Å². The van der Waals surface area contributed by atoms with Gasteiger partial charge in [-0.05, 0) is 24.1 Å². The monoisotopic (exact) mass is 300 g/mol. The van der Waals surface area contributed by atoms with E-state index in [1.54, 1.807) is 6.20 Å². The molecule has 2 N–H and O–H groups in total. The Morgan fingerprint density at radius 3 is 2.64 bits per heavy atom. The minimum atomic E-state index is -0.124. The first kappa shape index (κ1) is 15.8. The Hall–Kier alpha value is -2.63. The smallest absolute Gasteiger partial charge is 0.221 e. The molecule has 2 rings (SSSR count). The molecule has 116 valence electrons. The Morgan fingerprint density at radius 2 is 1.91 bits per heavy atom. The van der Waals surface area contributed by atoms with Gasteiger partial charge in [-0.1, -0.05) is 18.2 Å². The fourth-order valence-electron chi connectivity index (χ4n) is 2.00. The molecular formula is C16H20N4O2. The molecule has 0 unspecified atom stereocenters. The summed E-state index contributed by atoms with van der Waals surface area (Å²) in [6.45, 7) is 2.36. The molecule has 0 fully saturated rings. The van der Waals surface area contributed by atoms with Crippen LogP contribution < -0.4 is 10.6 Å². The maximum Gasteiger partial charge on any atom is 0.221 e. The van der Waals surface area contributed by atoms with Gasteiger partial charge in [0.05, 0.1) is 11.9 Å². The molecule has 0 bridgehead atoms. The molecule has 0 saturated heterocycles. The van der Waals surface area contributed by atoms with E-state index in [1.807, 2.05) is 41.2 Å². The fraction of sp³-hybridized carbons (Fsp3) is 0.312. The first-order chi connectivity index (χ1) is 10.6. The average molecular weight is 300 g/mol. The topological polar surface area (TPSA) is 76.0 Å². The Morgan fingerprint density at radius 1 is 1.14 bits per heavy atom. The number of hydrogen-bond acceptors (Lipinski definition) is 3. The summed E-state index contributed by atoms with van der Waals surface area (Å²) in [5.41, 5.74) is 2.07. The van der Waals surface area contributed by atoms with E-state index >= 15 is 0 Å². The van der Waals surface area contributed by atoms with Gasteiger partial charge in [0.2, 0.25) is 11.8 Å². The van der Waals surface area contributed by atoms with Crippen LogP contribution in [-0.2, 0) is 16.0 Å². The fourth-order valence-corrected chi connectivity index (χ4v) is 2.00. The molecular weight excluding hydrogens is 280 g/mol. The van der Waals surface area contributed by atoms with Crippen molar-refractivity contribution in [3.8, 4) is 5.69 Å². The van der Waals surface area contributed by atoms with Crippen molar-refractivity contribution in [1.29, 1.82) is 0 Å². The van der Waals surface area contributed by atoms with Gasteiger partial charge in [0, 0.05) is 32.6 Å². The van der Waals surface area contributed by atoms with Crippen LogP contribution in [0.2, 0.25) is 0 Å². The quantitative estimate of drug-likeness (QED) is 0.802. The second-order valence-corrected chi connectivity index (χ2v) is 4.96. The number of carbonyl (C=O) groups is 2. The van der Waals surface area contributed by atoms with Crippen LogP contribution in [0.3, 0.4) is 0 Å². The molecule has 0 aliphatic rings. The molecule has 6 heteroatoms. The van der Waals surface area contributed by atoms with Gasteiger partial charge in [0.25, 0.3) is 0 Å². The zero-order chi connectivity index (χ0) is 15.8. The Kier molecular flexibility index (Phi) is 5.71. The van der Waals surface area contributed by atoms with Gasteiger partial charge in [-0.2, -0.15) is 5.10 Å². The first-order valence-corrected chi connectivity index (χ1v) is 7.25. The molecule has 0 radical (unpaired) electrons. The van der Waals surface area contributed by atoms with Crippen molar-refractivity contribution in [3.63, 3.8) is 0 Å². The maximum absolute atomic E-state index is 11.6. The molecule has 1 aromatic carbocycles. The summed E-state index contributed by atoms with van der Waals surface area (Å²) in [4.78, 5) is 22.2. The predicted octanol–water partition coefficient (Wildman–Crippen LogP) is 1.06. The van der Waals surface area contributed by atoms with E-state index in [4.69, 9.17) is 0 Å². The third-order valence-corrected chi connectivity index (χ3v) is 3.12. The van der Waals surface area contributed by atoms with Crippen LogP contribution in [0.15, 0.2) is 42.7 Å². The lowest BCUT2D eigenvalue weighted by Gasteiger charge is -2.04. The summed E-state index contributed by atoms with van der Waals surface area (Å²) in [6, 6.07) is 9.86. The first-order valence-electron chi connectivity index (χ1n) is 7.25. The Labute approximate surface area is 129 Å². The van der Waals surface area contributed by atoms with Crippen molar-refractivity contribution in [2.45, 2.75) is 19.8 Å². The molecule has 0 atom stereocenters. The van der Waals surface area contributed by atoms with Crippen LogP contribution in [0.5, 0.6) is 0 Å². The second-order valence-electron chi connectivity index (χ2n) is 4.96. The number of amides is 2. The number of carbonyl (C=O) groups excluding carboxylic acids is 2. The predicted molar refractivity (Wildman–Crippen MR) is 83.6 cm³/mol. The average Bonchev–Trinajstić information content (AvgIpc) is 2.97. The van der Waals surface area contributed by atoms with E-state index in [2.05, 4.69) is 15.7 Å². The maximum atomic E-state index is 11.6. The van der Waals surface area contributed by atoms with E-state index < -0.39 is 0 Å². The summed E-state index contributed by atoms with van der Waals surface area (Å²) >= 11 is 0. The Bertz CT molecular complexity index is 622. The highest BCUT2D eigenvalue weighted by Crippen LogP contribution is 2.07. The number of nitrogens with zero attached hydrogens (tertiary/aromatic N) is 2. The van der Waals surface area contributed by atoms with Gasteiger partial charge in [-0.3, -0.25) is 9.59 Å². The van der Waals surface area contributed by atoms with Crippen LogP contribution in [0.4, 0.5) is 0 Å². The van der Waals surface area contributed by atoms with Gasteiger partial charge in [-0.25, -0.2) is 4.68 Å². The van der Waals surface area contributed by atoms with E-state index in [0.29, 0.717) is 19.5 Å². The van der Waals surface area contributed by atoms with E-state index in [-0.39, 0.29) is 11.8 Å². The number of rotatable bonds is 7. The van der Waals surface area contributed by atoms with Crippen molar-refractivity contribution in [1.82, 2.24) is 20.4 Å². The summed E-state index contributed by atoms with van der Waals surface area (Å²) in [5, 5.41) is 9.73. The third-order valence-electron chi connectivity index (χ3n) is 3.12. The second kappa shape index (κ2) is 7.97. The molecule has 0 saturated carbocycles. The summed E-state index contributed by atoms with van der Waals surface area (Å²) in [5.74, 6) is -0.190. The van der Waals surface area contributed by atoms with Crippen LogP contribution >= 0.6 is 0 Å². The van der Waals surface area contributed by atoms with Gasteiger partial charge in [-0.15, -0.1) is 0 Å². The van der Waals surface area contributed by atoms with Crippen molar-refractivity contribution >= 4 is 11.8 Å². The minimum Gasteiger partial charge on any atom is -0.356 e. The summed E-state index contributed by atoms with van der Waals surface area (Å²) in [7, 11) is 0. The van der Waals surface area contributed by atoms with Gasteiger partial charge in [0.15, 0.2) is 0 Å². The molecule has 6 nitrogen and oxygen atoms in total. The van der Waals surface area contributed by atoms with Crippen LogP contribution in [0, 0.1) is 0 Å². The SMILES string of the molecule is CC(=O)NCCC(=O)NCCc1cnn(-c2ccccc2)c1. The zero-order valence-electron chi connectivity index (χ0n) is 12.6. The van der Waals surface area contributed by atoms with Crippen LogP contribution in [0.1, 0.15) is 18.9 Å². The van der Waals surface area contributed by atoms with E-state index in [9.17, 15) is 9.59 Å². The third kappa shape index (κ3) is 5.05. The highest BCUT2D eigenvalue weighted by atomic mass is 16.2. The molecule has 0 spiro atoms. The lowest BCUT2D eigenvalue weighted by Crippen LogP contribution is -2.30. The molecule has 2 aromatic rings. The van der Waals surface area contributed by atoms with Crippen molar-refractivity contribution in [3.05, 3.63) is 48.3 Å². The molecule has 2 amide bonds. The lowest BCUT2D eigenvalue weighted by atomic mass is 10.2. The standard InChI is InChI=1S/C16H20N4O2/c1-13(21)17-10-8-16(22)18-9-7-14-11-19-20(12-14)15-5-3-2-4-6-15/h2-6,11-12H,7-10H2,1H3,(H,17,21)(H,18,22). The van der Waals surface area contributed by atoms with E-state index in [0.717, 1.165) is 17.7 Å². The number of nitrogens with one attached hydrogen (secondary N) is 2. The van der Waals surface area contributed by atoms with E-state index in [1.165, 1.54) is 6.92 Å². The zero-order valence-corrected chi connectivity index (χ0v) is 12.6. The summed E-state index contributed by atoms with van der Waals surface area (Å²) in [6.07, 6.45) is 4.77. The number of benzene rings is 1. The minimum absolute atomic E-state index is 0.0656. The normalized spacial score (nSPS) is 10.2. The molecule has 0 aliphatic carbocycles. The summed E-state index contributed by atoms with van der Waals surface area (Å²) < 4.78 is 1.81. The molecule has 1 heterocycles. The highest BCUT2D eigenvalue weighted by molar-refractivity contribution is 5.77. The van der Waals surface area contributed by atoms with Gasteiger partial charge < -0.3 is 10.6 Å². The number of hydrogen-bond donors (Lipinski definition) is 2. The van der Waals surface area contributed by atoms with Crippen molar-refractivity contribution < 1.29 is 9.59 Å². The molecule has 22 heavy (non-hydrogen) atoms. The Balaban J connectivity index is 1.73. The molecule has 1 aromatic heterocycles. The van der Waals surface area contributed by atoms with Crippen molar-refractivity contribution in [2.75, 3.05) is 13.1 Å². The van der Waals surface area contributed by atoms with Crippen molar-refractivity contribution in [2.24, 2.45) is 0 Å². The van der Waals surface area contributed by atoms with Crippen LogP contribution in [-0.4, -0.2) is 34.7 Å². The number of aromatic nitrogens is 2. The van der Waals surface area contributed by atoms with Gasteiger partial charge >= 0.3 is 0 Å². The molecule has 0 aliphatic heterocycles. The highest BCUT2D eigenvalue weighted by Gasteiger charge is 2.03. The number of para-hydroxylation sites is 1. The largest absolute Gasteiger partial charge is 0.356 e.